The third-order valence-electron chi connectivity index (χ3n) is 3.17. The average Bonchev–Trinajstić information content (AvgIpc) is 2.90. The lowest BCUT2D eigenvalue weighted by atomic mass is 10.3. The van der Waals surface area contributed by atoms with Crippen molar-refractivity contribution < 1.29 is 0 Å². The molecule has 2 rings (SSSR count). The average molecular weight is 275 g/mol. The molecular formula is C13H21N7. The number of nitrogens with two attached hydrogens (primary N) is 1. The van der Waals surface area contributed by atoms with Gasteiger partial charge in [-0.25, -0.2) is 20.8 Å². The maximum absolute atomic E-state index is 5.54. The van der Waals surface area contributed by atoms with Crippen LogP contribution in [-0.2, 0) is 19.3 Å². The molecule has 20 heavy (non-hydrogen) atoms. The lowest BCUT2D eigenvalue weighted by molar-refractivity contribution is 0.747. The van der Waals surface area contributed by atoms with E-state index in [2.05, 4.69) is 32.4 Å². The molecule has 7 heteroatoms. The highest BCUT2D eigenvalue weighted by Crippen LogP contribution is 2.19. The SMILES string of the molecule is CCc1nc(NN)c(C)c(-n2nc(CC)nc2CC)n1. The van der Waals surface area contributed by atoms with Crippen molar-refractivity contribution >= 4 is 5.82 Å². The number of aryl methyl sites for hydroxylation is 3. The standard InChI is InChI=1S/C13H21N7/c1-5-9-16-12(18-14)8(4)13(17-9)20-11(7-3)15-10(6-2)19-20/h5-7,14H2,1-4H3,(H,16,17,18). The van der Waals surface area contributed by atoms with Crippen LogP contribution < -0.4 is 11.3 Å². The Bertz CT molecular complexity index is 603. The number of nitrogen functional groups attached to an aromatic ring is 1. The van der Waals surface area contributed by atoms with Crippen molar-refractivity contribution in [3.8, 4) is 5.82 Å². The number of aromatic nitrogens is 5. The van der Waals surface area contributed by atoms with Gasteiger partial charge in [0.15, 0.2) is 11.6 Å². The normalized spacial score (nSPS) is 10.8. The Morgan fingerprint density at radius 3 is 2.25 bits per heavy atom. The van der Waals surface area contributed by atoms with Crippen LogP contribution in [0.1, 0.15) is 43.8 Å². The highest BCUT2D eigenvalue weighted by Gasteiger charge is 2.16. The van der Waals surface area contributed by atoms with Crippen LogP contribution in [-0.4, -0.2) is 24.7 Å². The fraction of sp³-hybridized carbons (Fsp3) is 0.538. The van der Waals surface area contributed by atoms with Crippen LogP contribution >= 0.6 is 0 Å². The van der Waals surface area contributed by atoms with Crippen LogP contribution in [0.25, 0.3) is 5.82 Å². The molecule has 0 aliphatic carbocycles. The quantitative estimate of drug-likeness (QED) is 0.631. The minimum Gasteiger partial charge on any atom is -0.308 e. The highest BCUT2D eigenvalue weighted by atomic mass is 15.4. The Balaban J connectivity index is 2.64. The predicted molar refractivity (Wildman–Crippen MR) is 77.6 cm³/mol. The molecule has 0 amide bonds. The maximum atomic E-state index is 5.54. The lowest BCUT2D eigenvalue weighted by Crippen LogP contribution is -2.16. The van der Waals surface area contributed by atoms with E-state index < -0.39 is 0 Å². The van der Waals surface area contributed by atoms with E-state index in [4.69, 9.17) is 5.84 Å². The molecule has 2 aromatic heterocycles. The molecule has 0 saturated carbocycles. The smallest absolute Gasteiger partial charge is 0.164 e. The van der Waals surface area contributed by atoms with Gasteiger partial charge in [-0.3, -0.25) is 0 Å². The number of hydrogen-bond donors (Lipinski definition) is 2. The summed E-state index contributed by atoms with van der Waals surface area (Å²) in [5.41, 5.74) is 3.49. The molecule has 2 heterocycles. The van der Waals surface area contributed by atoms with E-state index in [1.54, 1.807) is 4.68 Å². The van der Waals surface area contributed by atoms with E-state index in [9.17, 15) is 0 Å². The monoisotopic (exact) mass is 275 g/mol. The second-order valence-electron chi connectivity index (χ2n) is 4.50. The molecule has 0 radical (unpaired) electrons. The van der Waals surface area contributed by atoms with Gasteiger partial charge in [-0.1, -0.05) is 20.8 Å². The number of hydrogen-bond acceptors (Lipinski definition) is 6. The van der Waals surface area contributed by atoms with E-state index in [0.717, 1.165) is 48.1 Å². The molecule has 2 aromatic rings. The molecule has 0 aliphatic heterocycles. The minimum atomic E-state index is 0.627. The summed E-state index contributed by atoms with van der Waals surface area (Å²) in [4.78, 5) is 13.5. The van der Waals surface area contributed by atoms with Crippen molar-refractivity contribution in [2.24, 2.45) is 5.84 Å². The summed E-state index contributed by atoms with van der Waals surface area (Å²) < 4.78 is 1.80. The zero-order valence-electron chi connectivity index (χ0n) is 12.4. The number of nitrogens with zero attached hydrogens (tertiary/aromatic N) is 5. The third-order valence-corrected chi connectivity index (χ3v) is 3.17. The zero-order chi connectivity index (χ0) is 14.7. The van der Waals surface area contributed by atoms with Crippen LogP contribution in [0, 0.1) is 6.92 Å². The van der Waals surface area contributed by atoms with Gasteiger partial charge in [0.2, 0.25) is 0 Å². The molecule has 0 spiro atoms. The first-order valence-corrected chi connectivity index (χ1v) is 6.93. The molecule has 0 unspecified atom stereocenters. The first-order chi connectivity index (χ1) is 9.64. The third kappa shape index (κ3) is 2.49. The van der Waals surface area contributed by atoms with E-state index >= 15 is 0 Å². The Morgan fingerprint density at radius 1 is 1.00 bits per heavy atom. The van der Waals surface area contributed by atoms with Gasteiger partial charge in [-0.15, -0.1) is 5.10 Å². The molecule has 3 N–H and O–H groups in total. The summed E-state index contributed by atoms with van der Waals surface area (Å²) in [6.07, 6.45) is 2.33. The van der Waals surface area contributed by atoms with Crippen LogP contribution in [0.5, 0.6) is 0 Å². The summed E-state index contributed by atoms with van der Waals surface area (Å²) in [6, 6.07) is 0. The first kappa shape index (κ1) is 14.4. The molecule has 7 nitrogen and oxygen atoms in total. The Labute approximate surface area is 118 Å². The van der Waals surface area contributed by atoms with Gasteiger partial charge in [-0.2, -0.15) is 4.68 Å². The fourth-order valence-corrected chi connectivity index (χ4v) is 1.99. The number of rotatable bonds is 5. The van der Waals surface area contributed by atoms with Crippen molar-refractivity contribution in [2.75, 3.05) is 5.43 Å². The van der Waals surface area contributed by atoms with Crippen LogP contribution in [0.3, 0.4) is 0 Å². The molecule has 0 atom stereocenters. The minimum absolute atomic E-state index is 0.627. The topological polar surface area (TPSA) is 94.5 Å². The highest BCUT2D eigenvalue weighted by molar-refractivity contribution is 5.50. The van der Waals surface area contributed by atoms with Crippen LogP contribution in [0.2, 0.25) is 0 Å². The largest absolute Gasteiger partial charge is 0.308 e. The van der Waals surface area contributed by atoms with E-state index in [0.29, 0.717) is 5.82 Å². The molecule has 0 aromatic carbocycles. The maximum Gasteiger partial charge on any atom is 0.164 e. The first-order valence-electron chi connectivity index (χ1n) is 6.93. The van der Waals surface area contributed by atoms with Crippen molar-refractivity contribution in [1.82, 2.24) is 24.7 Å². The van der Waals surface area contributed by atoms with E-state index in [1.165, 1.54) is 0 Å². The summed E-state index contributed by atoms with van der Waals surface area (Å²) in [5, 5.41) is 4.53. The van der Waals surface area contributed by atoms with Gasteiger partial charge in [0.25, 0.3) is 0 Å². The fourth-order valence-electron chi connectivity index (χ4n) is 1.99. The van der Waals surface area contributed by atoms with Crippen molar-refractivity contribution in [2.45, 2.75) is 47.0 Å². The molecule has 0 fully saturated rings. The lowest BCUT2D eigenvalue weighted by Gasteiger charge is -2.12. The van der Waals surface area contributed by atoms with Gasteiger partial charge >= 0.3 is 0 Å². The molecule has 0 aliphatic rings. The zero-order valence-corrected chi connectivity index (χ0v) is 12.4. The van der Waals surface area contributed by atoms with Gasteiger partial charge in [0.05, 0.1) is 0 Å². The summed E-state index contributed by atoms with van der Waals surface area (Å²) >= 11 is 0. The number of anilines is 1. The van der Waals surface area contributed by atoms with Gasteiger partial charge in [0.1, 0.15) is 17.5 Å². The Morgan fingerprint density at radius 2 is 1.70 bits per heavy atom. The van der Waals surface area contributed by atoms with Crippen molar-refractivity contribution in [3.63, 3.8) is 0 Å². The second kappa shape index (κ2) is 5.96. The summed E-state index contributed by atoms with van der Waals surface area (Å²) in [7, 11) is 0. The Kier molecular flexibility index (Phi) is 4.29. The van der Waals surface area contributed by atoms with Gasteiger partial charge < -0.3 is 5.43 Å². The number of hydrazine groups is 1. The molecule has 108 valence electrons. The predicted octanol–water partition coefficient (Wildman–Crippen LogP) is 1.34. The number of nitrogens with one attached hydrogen (secondary N) is 1. The van der Waals surface area contributed by atoms with Gasteiger partial charge in [0, 0.05) is 24.8 Å². The summed E-state index contributed by atoms with van der Waals surface area (Å²) in [6.45, 7) is 8.03. The summed E-state index contributed by atoms with van der Waals surface area (Å²) in [5.74, 6) is 9.36. The van der Waals surface area contributed by atoms with Crippen molar-refractivity contribution in [1.29, 1.82) is 0 Å². The van der Waals surface area contributed by atoms with Crippen LogP contribution in [0.4, 0.5) is 5.82 Å². The van der Waals surface area contributed by atoms with Crippen molar-refractivity contribution in [3.05, 3.63) is 23.0 Å². The van der Waals surface area contributed by atoms with E-state index in [-0.39, 0.29) is 0 Å². The Hall–Kier alpha value is -2.02. The van der Waals surface area contributed by atoms with Gasteiger partial charge in [-0.05, 0) is 6.92 Å². The van der Waals surface area contributed by atoms with E-state index in [1.807, 2.05) is 20.8 Å². The van der Waals surface area contributed by atoms with Crippen LogP contribution in [0.15, 0.2) is 0 Å². The molecule has 0 bridgehead atoms. The molecular weight excluding hydrogens is 254 g/mol. The second-order valence-corrected chi connectivity index (χ2v) is 4.50. The molecule has 0 saturated heterocycles.